The number of hydrogen-bond donors (Lipinski definition) is 1. The van der Waals surface area contributed by atoms with Crippen LogP contribution in [0.4, 0.5) is 0 Å². The highest BCUT2D eigenvalue weighted by molar-refractivity contribution is 5.55. The van der Waals surface area contributed by atoms with E-state index in [4.69, 9.17) is 4.74 Å². The Bertz CT molecular complexity index is 439. The zero-order valence-electron chi connectivity index (χ0n) is 12.8. The van der Waals surface area contributed by atoms with E-state index in [-0.39, 0.29) is 0 Å². The Labute approximate surface area is 123 Å². The quantitative estimate of drug-likeness (QED) is 0.782. The summed E-state index contributed by atoms with van der Waals surface area (Å²) in [6, 6.07) is 8.47. The molecule has 0 spiro atoms. The van der Waals surface area contributed by atoms with Gasteiger partial charge >= 0.3 is 0 Å². The van der Waals surface area contributed by atoms with E-state index in [0.717, 1.165) is 38.3 Å². The fourth-order valence-electron chi connectivity index (χ4n) is 2.59. The van der Waals surface area contributed by atoms with Crippen LogP contribution in [0.25, 0.3) is 6.08 Å². The average molecular weight is 273 g/mol. The van der Waals surface area contributed by atoms with Gasteiger partial charge in [0, 0.05) is 6.54 Å². The maximum Gasteiger partial charge on any atom is 0.119 e. The molecule has 0 saturated carbocycles. The average Bonchev–Trinajstić information content (AvgIpc) is 2.47. The summed E-state index contributed by atoms with van der Waals surface area (Å²) in [6.45, 7) is 7.53. The predicted molar refractivity (Wildman–Crippen MR) is 86.1 cm³/mol. The van der Waals surface area contributed by atoms with Crippen molar-refractivity contribution in [2.75, 3.05) is 19.7 Å². The molecule has 1 atom stereocenters. The van der Waals surface area contributed by atoms with Crippen molar-refractivity contribution in [3.05, 3.63) is 35.4 Å². The van der Waals surface area contributed by atoms with Gasteiger partial charge in [0.05, 0.1) is 6.61 Å². The maximum absolute atomic E-state index is 5.82. The molecular weight excluding hydrogens is 246 g/mol. The van der Waals surface area contributed by atoms with Crippen LogP contribution in [0.3, 0.4) is 0 Å². The van der Waals surface area contributed by atoms with Crippen molar-refractivity contribution in [1.29, 1.82) is 0 Å². The number of nitrogens with one attached hydrogen (secondary N) is 1. The highest BCUT2D eigenvalue weighted by Gasteiger charge is 2.13. The molecule has 1 saturated heterocycles. The minimum atomic E-state index is 0.637. The highest BCUT2D eigenvalue weighted by Crippen LogP contribution is 2.23. The third kappa shape index (κ3) is 4.68. The second-order valence-corrected chi connectivity index (χ2v) is 5.70. The Balaban J connectivity index is 1.96. The maximum atomic E-state index is 5.82. The fraction of sp³-hybridized carbons (Fsp3) is 0.556. The lowest BCUT2D eigenvalue weighted by atomic mass is 9.93. The zero-order chi connectivity index (χ0) is 14.2. The third-order valence-corrected chi connectivity index (χ3v) is 3.90. The molecule has 0 aromatic heterocycles. The first-order chi connectivity index (χ1) is 9.79. The summed E-state index contributed by atoms with van der Waals surface area (Å²) in [5.74, 6) is 1.63. The molecule has 0 radical (unpaired) electrons. The van der Waals surface area contributed by atoms with Gasteiger partial charge in [0.1, 0.15) is 5.75 Å². The third-order valence-electron chi connectivity index (χ3n) is 3.90. The van der Waals surface area contributed by atoms with Crippen molar-refractivity contribution in [2.45, 2.75) is 39.5 Å². The van der Waals surface area contributed by atoms with Gasteiger partial charge in [-0.25, -0.2) is 0 Å². The van der Waals surface area contributed by atoms with Crippen LogP contribution < -0.4 is 10.1 Å². The first kappa shape index (κ1) is 15.1. The normalized spacial score (nSPS) is 21.1. The molecular formula is C18H27NO. The van der Waals surface area contributed by atoms with Crippen LogP contribution in [0.2, 0.25) is 0 Å². The summed E-state index contributed by atoms with van der Waals surface area (Å²) < 4.78 is 5.82. The molecule has 2 nitrogen and oxygen atoms in total. The summed E-state index contributed by atoms with van der Waals surface area (Å²) in [5.41, 5.74) is 2.81. The minimum Gasteiger partial charge on any atom is -0.494 e. The topological polar surface area (TPSA) is 21.3 Å². The number of unbranched alkanes of at least 4 members (excludes halogenated alkanes) is 2. The Morgan fingerprint density at radius 1 is 1.35 bits per heavy atom. The lowest BCUT2D eigenvalue weighted by Crippen LogP contribution is -2.29. The molecule has 1 N–H and O–H groups in total. The fourth-order valence-corrected chi connectivity index (χ4v) is 2.59. The van der Waals surface area contributed by atoms with Crippen LogP contribution in [-0.4, -0.2) is 19.7 Å². The van der Waals surface area contributed by atoms with Crippen LogP contribution >= 0.6 is 0 Å². The smallest absolute Gasteiger partial charge is 0.119 e. The first-order valence-corrected chi connectivity index (χ1v) is 7.93. The molecule has 1 aliphatic heterocycles. The molecule has 2 rings (SSSR count). The van der Waals surface area contributed by atoms with Gasteiger partial charge in [-0.2, -0.15) is 0 Å². The number of hydrogen-bond acceptors (Lipinski definition) is 2. The first-order valence-electron chi connectivity index (χ1n) is 7.93. The van der Waals surface area contributed by atoms with Crippen LogP contribution in [0.5, 0.6) is 5.75 Å². The van der Waals surface area contributed by atoms with E-state index >= 15 is 0 Å². The van der Waals surface area contributed by atoms with Gasteiger partial charge in [0.25, 0.3) is 0 Å². The Kier molecular flexibility index (Phi) is 6.13. The molecule has 110 valence electrons. The molecule has 1 aromatic carbocycles. The molecule has 1 heterocycles. The van der Waals surface area contributed by atoms with Crippen molar-refractivity contribution in [1.82, 2.24) is 5.32 Å². The van der Waals surface area contributed by atoms with Gasteiger partial charge in [-0.3, -0.25) is 0 Å². The van der Waals surface area contributed by atoms with E-state index < -0.39 is 0 Å². The van der Waals surface area contributed by atoms with Crippen LogP contribution in [0, 0.1) is 5.92 Å². The Morgan fingerprint density at radius 3 is 3.05 bits per heavy atom. The molecule has 1 aromatic rings. The second-order valence-electron chi connectivity index (χ2n) is 5.70. The van der Waals surface area contributed by atoms with E-state index in [1.807, 2.05) is 0 Å². The number of ether oxygens (including phenoxy) is 1. The lowest BCUT2D eigenvalue weighted by Gasteiger charge is -2.23. The van der Waals surface area contributed by atoms with E-state index in [1.54, 1.807) is 5.57 Å². The van der Waals surface area contributed by atoms with Gasteiger partial charge < -0.3 is 10.1 Å². The number of piperidine rings is 1. The van der Waals surface area contributed by atoms with Crippen LogP contribution in [0.15, 0.2) is 29.8 Å². The van der Waals surface area contributed by atoms with Gasteiger partial charge in [0.15, 0.2) is 0 Å². The standard InChI is InChI=1S/C18H27NO/c1-3-4-5-11-20-18-8-6-7-16(13-18)12-17-9-10-19-14-15(17)2/h6-8,12-13,15,19H,3-5,9-11,14H2,1-2H3. The summed E-state index contributed by atoms with van der Waals surface area (Å²) in [7, 11) is 0. The van der Waals surface area contributed by atoms with Gasteiger partial charge in [-0.05, 0) is 43.0 Å². The van der Waals surface area contributed by atoms with Gasteiger partial charge in [-0.1, -0.05) is 50.5 Å². The van der Waals surface area contributed by atoms with Crippen LogP contribution in [-0.2, 0) is 0 Å². The molecule has 0 bridgehead atoms. The summed E-state index contributed by atoms with van der Waals surface area (Å²) in [4.78, 5) is 0. The van der Waals surface area contributed by atoms with E-state index in [2.05, 4.69) is 49.5 Å². The highest BCUT2D eigenvalue weighted by atomic mass is 16.5. The van der Waals surface area contributed by atoms with E-state index in [9.17, 15) is 0 Å². The van der Waals surface area contributed by atoms with Crippen LogP contribution in [0.1, 0.15) is 45.1 Å². The molecule has 1 fully saturated rings. The minimum absolute atomic E-state index is 0.637. The largest absolute Gasteiger partial charge is 0.494 e. The van der Waals surface area contributed by atoms with Crippen molar-refractivity contribution in [3.8, 4) is 5.75 Å². The Morgan fingerprint density at radius 2 is 2.25 bits per heavy atom. The molecule has 0 amide bonds. The van der Waals surface area contributed by atoms with Crippen molar-refractivity contribution >= 4 is 6.08 Å². The van der Waals surface area contributed by atoms with Gasteiger partial charge in [0.2, 0.25) is 0 Å². The van der Waals surface area contributed by atoms with E-state index in [1.165, 1.54) is 18.4 Å². The summed E-state index contributed by atoms with van der Waals surface area (Å²) >= 11 is 0. The number of benzene rings is 1. The van der Waals surface area contributed by atoms with Crippen molar-refractivity contribution < 1.29 is 4.74 Å². The Hall–Kier alpha value is -1.28. The molecule has 2 heteroatoms. The predicted octanol–water partition coefficient (Wildman–Crippen LogP) is 4.27. The summed E-state index contributed by atoms with van der Waals surface area (Å²) in [5, 5.41) is 3.44. The SMILES string of the molecule is CCCCCOc1cccc(C=C2CCNCC2C)c1. The molecule has 1 aliphatic rings. The monoisotopic (exact) mass is 273 g/mol. The summed E-state index contributed by atoms with van der Waals surface area (Å²) in [6.07, 6.45) is 7.12. The number of rotatable bonds is 6. The second kappa shape index (κ2) is 8.11. The van der Waals surface area contributed by atoms with Gasteiger partial charge in [-0.15, -0.1) is 0 Å². The lowest BCUT2D eigenvalue weighted by molar-refractivity contribution is 0.306. The molecule has 20 heavy (non-hydrogen) atoms. The van der Waals surface area contributed by atoms with Crippen molar-refractivity contribution in [3.63, 3.8) is 0 Å². The molecule has 1 unspecified atom stereocenters. The molecule has 0 aliphatic carbocycles. The van der Waals surface area contributed by atoms with E-state index in [0.29, 0.717) is 5.92 Å². The zero-order valence-corrected chi connectivity index (χ0v) is 12.8. The van der Waals surface area contributed by atoms with Crippen molar-refractivity contribution in [2.24, 2.45) is 5.92 Å².